The maximum Gasteiger partial charge on any atom is 0.130 e. The van der Waals surface area contributed by atoms with Crippen molar-refractivity contribution in [3.8, 4) is 0 Å². The van der Waals surface area contributed by atoms with E-state index in [4.69, 9.17) is 10.5 Å². The summed E-state index contributed by atoms with van der Waals surface area (Å²) in [5.41, 5.74) is 7.51. The standard InChI is InChI=1S/C15H16FNO/c1-11(12-5-3-2-4-6-12)18-10-13-7-8-14(17)9-15(13)16/h2-9,11H,10,17H2,1H3. The zero-order chi connectivity index (χ0) is 13.0. The van der Waals surface area contributed by atoms with Crippen LogP contribution in [0.5, 0.6) is 0 Å². The number of hydrogen-bond acceptors (Lipinski definition) is 2. The van der Waals surface area contributed by atoms with Gasteiger partial charge in [0.2, 0.25) is 0 Å². The minimum atomic E-state index is -0.324. The summed E-state index contributed by atoms with van der Waals surface area (Å²) in [6, 6.07) is 14.5. The Morgan fingerprint density at radius 1 is 1.17 bits per heavy atom. The molecule has 0 spiro atoms. The molecule has 0 fully saturated rings. The largest absolute Gasteiger partial charge is 0.399 e. The lowest BCUT2D eigenvalue weighted by Gasteiger charge is -2.14. The smallest absolute Gasteiger partial charge is 0.130 e. The van der Waals surface area contributed by atoms with E-state index in [1.807, 2.05) is 37.3 Å². The monoisotopic (exact) mass is 245 g/mol. The highest BCUT2D eigenvalue weighted by molar-refractivity contribution is 5.40. The molecule has 0 saturated heterocycles. The molecule has 2 rings (SSSR count). The Labute approximate surface area is 106 Å². The van der Waals surface area contributed by atoms with Gasteiger partial charge in [-0.15, -0.1) is 0 Å². The molecular weight excluding hydrogens is 229 g/mol. The highest BCUT2D eigenvalue weighted by Gasteiger charge is 2.08. The van der Waals surface area contributed by atoms with E-state index in [0.717, 1.165) is 5.56 Å². The molecule has 1 atom stereocenters. The lowest BCUT2D eigenvalue weighted by Crippen LogP contribution is -2.02. The number of rotatable bonds is 4. The molecule has 0 radical (unpaired) electrons. The van der Waals surface area contributed by atoms with Gasteiger partial charge in [0.25, 0.3) is 0 Å². The third-order valence-electron chi connectivity index (χ3n) is 2.83. The van der Waals surface area contributed by atoms with Gasteiger partial charge in [-0.3, -0.25) is 0 Å². The summed E-state index contributed by atoms with van der Waals surface area (Å²) >= 11 is 0. The fraction of sp³-hybridized carbons (Fsp3) is 0.200. The van der Waals surface area contributed by atoms with E-state index in [-0.39, 0.29) is 18.5 Å². The molecule has 0 aliphatic rings. The van der Waals surface area contributed by atoms with Crippen molar-refractivity contribution in [2.45, 2.75) is 19.6 Å². The van der Waals surface area contributed by atoms with Gasteiger partial charge in [-0.1, -0.05) is 36.4 Å². The zero-order valence-corrected chi connectivity index (χ0v) is 10.3. The first-order chi connectivity index (χ1) is 8.66. The predicted molar refractivity (Wildman–Crippen MR) is 70.5 cm³/mol. The molecule has 0 bridgehead atoms. The second kappa shape index (κ2) is 5.65. The number of anilines is 1. The normalized spacial score (nSPS) is 12.3. The van der Waals surface area contributed by atoms with Gasteiger partial charge in [-0.05, 0) is 24.6 Å². The molecule has 2 N–H and O–H groups in total. The molecule has 3 heteroatoms. The predicted octanol–water partition coefficient (Wildman–Crippen LogP) is 3.69. The van der Waals surface area contributed by atoms with E-state index in [0.29, 0.717) is 11.3 Å². The number of hydrogen-bond donors (Lipinski definition) is 1. The maximum absolute atomic E-state index is 13.5. The fourth-order valence-corrected chi connectivity index (χ4v) is 1.72. The number of ether oxygens (including phenoxy) is 1. The van der Waals surface area contributed by atoms with Crippen molar-refractivity contribution in [2.24, 2.45) is 0 Å². The summed E-state index contributed by atoms with van der Waals surface area (Å²) in [5.74, 6) is -0.324. The average Bonchev–Trinajstić information content (AvgIpc) is 2.38. The molecule has 0 aliphatic heterocycles. The van der Waals surface area contributed by atoms with E-state index >= 15 is 0 Å². The second-order valence-corrected chi connectivity index (χ2v) is 4.21. The van der Waals surface area contributed by atoms with Crippen LogP contribution in [0, 0.1) is 5.82 Å². The maximum atomic E-state index is 13.5. The van der Waals surface area contributed by atoms with Crippen molar-refractivity contribution < 1.29 is 9.13 Å². The van der Waals surface area contributed by atoms with Gasteiger partial charge >= 0.3 is 0 Å². The number of nitrogens with two attached hydrogens (primary N) is 1. The lowest BCUT2D eigenvalue weighted by molar-refractivity contribution is 0.0509. The van der Waals surface area contributed by atoms with Crippen LogP contribution >= 0.6 is 0 Å². The molecule has 2 aromatic rings. The molecule has 0 saturated carbocycles. The number of halogens is 1. The Kier molecular flexibility index (Phi) is 3.95. The van der Waals surface area contributed by atoms with Gasteiger partial charge in [0, 0.05) is 11.3 Å². The fourth-order valence-electron chi connectivity index (χ4n) is 1.72. The molecular formula is C15H16FNO. The van der Waals surface area contributed by atoms with Crippen LogP contribution in [0.1, 0.15) is 24.2 Å². The van der Waals surface area contributed by atoms with Gasteiger partial charge < -0.3 is 10.5 Å². The Bertz CT molecular complexity index is 513. The molecule has 0 aliphatic carbocycles. The van der Waals surface area contributed by atoms with E-state index in [9.17, 15) is 4.39 Å². The second-order valence-electron chi connectivity index (χ2n) is 4.21. The zero-order valence-electron chi connectivity index (χ0n) is 10.3. The quantitative estimate of drug-likeness (QED) is 0.834. The molecule has 0 heterocycles. The highest BCUT2D eigenvalue weighted by Crippen LogP contribution is 2.20. The van der Waals surface area contributed by atoms with Gasteiger partial charge in [0.1, 0.15) is 5.82 Å². The van der Waals surface area contributed by atoms with Crippen LogP contribution in [0.3, 0.4) is 0 Å². The van der Waals surface area contributed by atoms with Gasteiger partial charge in [-0.25, -0.2) is 4.39 Å². The molecule has 94 valence electrons. The van der Waals surface area contributed by atoms with Crippen LogP contribution < -0.4 is 5.73 Å². The summed E-state index contributed by atoms with van der Waals surface area (Å²) in [4.78, 5) is 0. The molecule has 2 aromatic carbocycles. The Hall–Kier alpha value is -1.87. The summed E-state index contributed by atoms with van der Waals surface area (Å²) < 4.78 is 19.2. The first-order valence-electron chi connectivity index (χ1n) is 5.87. The Morgan fingerprint density at radius 2 is 1.89 bits per heavy atom. The van der Waals surface area contributed by atoms with Gasteiger partial charge in [-0.2, -0.15) is 0 Å². The van der Waals surface area contributed by atoms with Crippen LogP contribution in [0.2, 0.25) is 0 Å². The van der Waals surface area contributed by atoms with Crippen molar-refractivity contribution in [1.82, 2.24) is 0 Å². The van der Waals surface area contributed by atoms with Crippen molar-refractivity contribution in [2.75, 3.05) is 5.73 Å². The average molecular weight is 245 g/mol. The minimum absolute atomic E-state index is 0.0665. The van der Waals surface area contributed by atoms with Crippen molar-refractivity contribution in [1.29, 1.82) is 0 Å². The highest BCUT2D eigenvalue weighted by atomic mass is 19.1. The summed E-state index contributed by atoms with van der Waals surface area (Å²) in [7, 11) is 0. The summed E-state index contributed by atoms with van der Waals surface area (Å²) in [6.07, 6.45) is -0.0665. The van der Waals surface area contributed by atoms with E-state index in [1.165, 1.54) is 6.07 Å². The van der Waals surface area contributed by atoms with Crippen LogP contribution in [0.4, 0.5) is 10.1 Å². The van der Waals surface area contributed by atoms with Gasteiger partial charge in [0.15, 0.2) is 0 Å². The van der Waals surface area contributed by atoms with Crippen LogP contribution in [-0.4, -0.2) is 0 Å². The first kappa shape index (κ1) is 12.6. The first-order valence-corrected chi connectivity index (χ1v) is 5.87. The van der Waals surface area contributed by atoms with Crippen molar-refractivity contribution in [3.63, 3.8) is 0 Å². The molecule has 0 aromatic heterocycles. The van der Waals surface area contributed by atoms with Crippen molar-refractivity contribution >= 4 is 5.69 Å². The molecule has 18 heavy (non-hydrogen) atoms. The van der Waals surface area contributed by atoms with Crippen LogP contribution in [0.15, 0.2) is 48.5 Å². The topological polar surface area (TPSA) is 35.2 Å². The lowest BCUT2D eigenvalue weighted by atomic mass is 10.1. The van der Waals surface area contributed by atoms with Crippen molar-refractivity contribution in [3.05, 3.63) is 65.5 Å². The molecule has 2 nitrogen and oxygen atoms in total. The SMILES string of the molecule is CC(OCc1ccc(N)cc1F)c1ccccc1. The van der Waals surface area contributed by atoms with E-state index < -0.39 is 0 Å². The summed E-state index contributed by atoms with van der Waals surface area (Å²) in [6.45, 7) is 2.19. The Morgan fingerprint density at radius 3 is 2.56 bits per heavy atom. The molecule has 1 unspecified atom stereocenters. The minimum Gasteiger partial charge on any atom is -0.399 e. The van der Waals surface area contributed by atoms with E-state index in [2.05, 4.69) is 0 Å². The summed E-state index contributed by atoms with van der Waals surface area (Å²) in [5, 5.41) is 0. The van der Waals surface area contributed by atoms with E-state index in [1.54, 1.807) is 12.1 Å². The number of benzene rings is 2. The van der Waals surface area contributed by atoms with Crippen LogP contribution in [-0.2, 0) is 11.3 Å². The number of nitrogen functional groups attached to an aromatic ring is 1. The third-order valence-corrected chi connectivity index (χ3v) is 2.83. The third kappa shape index (κ3) is 3.08. The van der Waals surface area contributed by atoms with Crippen LogP contribution in [0.25, 0.3) is 0 Å². The molecule has 0 amide bonds. The van der Waals surface area contributed by atoms with Gasteiger partial charge in [0.05, 0.1) is 12.7 Å². The Balaban J connectivity index is 1.99.